The number of rotatable bonds is 7. The van der Waals surface area contributed by atoms with Gasteiger partial charge in [0.1, 0.15) is 17.6 Å². The average molecular weight is 461 g/mol. The van der Waals surface area contributed by atoms with Crippen LogP contribution in [0.3, 0.4) is 0 Å². The van der Waals surface area contributed by atoms with Crippen LogP contribution in [-0.4, -0.2) is 82.8 Å². The van der Waals surface area contributed by atoms with Gasteiger partial charge < -0.3 is 24.4 Å². The fourth-order valence-electron chi connectivity index (χ4n) is 5.82. The van der Waals surface area contributed by atoms with Gasteiger partial charge in [-0.15, -0.1) is 0 Å². The lowest BCUT2D eigenvalue weighted by Crippen LogP contribution is -2.59. The summed E-state index contributed by atoms with van der Waals surface area (Å²) in [4.78, 5) is 44.3. The Morgan fingerprint density at radius 3 is 2.67 bits per heavy atom. The van der Waals surface area contributed by atoms with Gasteiger partial charge in [0.15, 0.2) is 0 Å². The van der Waals surface area contributed by atoms with Crippen LogP contribution in [0.25, 0.3) is 0 Å². The number of amides is 2. The molecule has 33 heavy (non-hydrogen) atoms. The van der Waals surface area contributed by atoms with Crippen LogP contribution in [0.4, 0.5) is 0 Å². The third-order valence-corrected chi connectivity index (χ3v) is 7.49. The Morgan fingerprint density at radius 2 is 1.97 bits per heavy atom. The highest BCUT2D eigenvalue weighted by molar-refractivity contribution is 5.99. The van der Waals surface area contributed by atoms with E-state index in [9.17, 15) is 19.5 Å². The monoisotopic (exact) mass is 460 g/mol. The quantitative estimate of drug-likeness (QED) is 0.353. The number of cyclic esters (lactones) is 1. The van der Waals surface area contributed by atoms with Crippen molar-refractivity contribution >= 4 is 17.8 Å². The van der Waals surface area contributed by atoms with Gasteiger partial charge in [-0.2, -0.15) is 0 Å². The summed E-state index contributed by atoms with van der Waals surface area (Å²) in [6, 6.07) is -1.48. The van der Waals surface area contributed by atoms with Gasteiger partial charge in [0.25, 0.3) is 0 Å². The SMILES string of the molecule is CCCCCN1CC=C[C@]23O[C@H]4C=CCCOC(=O)[C@H]4[C@H]2C(=O)N([C@@H](CO)C(C)C)C3C1=O. The minimum atomic E-state index is -1.26. The highest BCUT2D eigenvalue weighted by Crippen LogP contribution is 2.54. The van der Waals surface area contributed by atoms with Gasteiger partial charge in [0, 0.05) is 13.1 Å². The number of esters is 1. The lowest BCUT2D eigenvalue weighted by molar-refractivity contribution is -0.157. The summed E-state index contributed by atoms with van der Waals surface area (Å²) in [7, 11) is 0. The fraction of sp³-hybridized carbons (Fsp3) is 0.720. The van der Waals surface area contributed by atoms with E-state index in [1.807, 2.05) is 38.2 Å². The maximum absolute atomic E-state index is 14.0. The molecule has 8 nitrogen and oxygen atoms in total. The molecule has 1 unspecified atom stereocenters. The number of carbonyl (C=O) groups excluding carboxylic acids is 3. The maximum Gasteiger partial charge on any atom is 0.312 e. The lowest BCUT2D eigenvalue weighted by Gasteiger charge is -2.40. The molecular formula is C25H36N2O6. The molecule has 0 aromatic rings. The molecule has 0 aromatic carbocycles. The van der Waals surface area contributed by atoms with Gasteiger partial charge in [0.2, 0.25) is 11.8 Å². The van der Waals surface area contributed by atoms with Crippen molar-refractivity contribution in [1.29, 1.82) is 0 Å². The lowest BCUT2D eigenvalue weighted by atomic mass is 9.77. The molecule has 4 heterocycles. The predicted molar refractivity (Wildman–Crippen MR) is 121 cm³/mol. The van der Waals surface area contributed by atoms with Crippen LogP contribution in [0, 0.1) is 17.8 Å². The maximum atomic E-state index is 14.0. The van der Waals surface area contributed by atoms with Crippen LogP contribution in [0.2, 0.25) is 0 Å². The van der Waals surface area contributed by atoms with Crippen molar-refractivity contribution in [2.45, 2.75) is 70.2 Å². The molecule has 0 saturated carbocycles. The number of nitrogens with zero attached hydrogens (tertiary/aromatic N) is 2. The van der Waals surface area contributed by atoms with Gasteiger partial charge in [-0.05, 0) is 18.8 Å². The Kier molecular flexibility index (Phi) is 6.96. The summed E-state index contributed by atoms with van der Waals surface area (Å²) in [5, 5.41) is 10.2. The van der Waals surface area contributed by atoms with Crippen molar-refractivity contribution in [3.8, 4) is 0 Å². The molecule has 0 radical (unpaired) electrons. The third-order valence-electron chi connectivity index (χ3n) is 7.49. The van der Waals surface area contributed by atoms with E-state index in [-0.39, 0.29) is 30.9 Å². The van der Waals surface area contributed by atoms with Gasteiger partial charge in [-0.25, -0.2) is 0 Å². The van der Waals surface area contributed by atoms with Gasteiger partial charge >= 0.3 is 5.97 Å². The van der Waals surface area contributed by atoms with Crippen molar-refractivity contribution in [3.63, 3.8) is 0 Å². The summed E-state index contributed by atoms with van der Waals surface area (Å²) in [5.41, 5.74) is -1.26. The van der Waals surface area contributed by atoms with E-state index < -0.39 is 41.6 Å². The van der Waals surface area contributed by atoms with Crippen LogP contribution in [0.5, 0.6) is 0 Å². The predicted octanol–water partition coefficient (Wildman–Crippen LogP) is 1.68. The number of ether oxygens (including phenoxy) is 2. The Morgan fingerprint density at radius 1 is 1.18 bits per heavy atom. The summed E-state index contributed by atoms with van der Waals surface area (Å²) >= 11 is 0. The zero-order valence-electron chi connectivity index (χ0n) is 19.8. The summed E-state index contributed by atoms with van der Waals surface area (Å²) in [5.74, 6) is -2.74. The van der Waals surface area contributed by atoms with Gasteiger partial charge in [-0.3, -0.25) is 14.4 Å². The van der Waals surface area contributed by atoms with Gasteiger partial charge in [-0.1, -0.05) is 57.9 Å². The number of aliphatic hydroxyl groups excluding tert-OH is 1. The highest BCUT2D eigenvalue weighted by Gasteiger charge is 2.72. The number of likely N-dealkylation sites (tertiary alicyclic amines) is 1. The molecule has 8 heteroatoms. The number of carbonyl (C=O) groups is 3. The molecule has 2 saturated heterocycles. The van der Waals surface area contributed by atoms with E-state index in [2.05, 4.69) is 6.92 Å². The van der Waals surface area contributed by atoms with Crippen LogP contribution in [0.1, 0.15) is 46.5 Å². The van der Waals surface area contributed by atoms with Crippen LogP contribution in [-0.2, 0) is 23.9 Å². The molecule has 0 bridgehead atoms. The van der Waals surface area contributed by atoms with Crippen LogP contribution >= 0.6 is 0 Å². The molecule has 4 rings (SSSR count). The minimum Gasteiger partial charge on any atom is -0.465 e. The second-order valence-electron chi connectivity index (χ2n) is 9.86. The van der Waals surface area contributed by atoms with E-state index in [1.165, 1.54) is 4.90 Å². The molecule has 1 N–H and O–H groups in total. The topological polar surface area (TPSA) is 96.4 Å². The molecule has 1 spiro atoms. The Labute approximate surface area is 195 Å². The third kappa shape index (κ3) is 3.91. The molecule has 0 aliphatic carbocycles. The molecule has 0 aromatic heterocycles. The summed E-state index contributed by atoms with van der Waals surface area (Å²) < 4.78 is 12.0. The van der Waals surface area contributed by atoms with E-state index >= 15 is 0 Å². The second kappa shape index (κ2) is 9.58. The van der Waals surface area contributed by atoms with E-state index in [4.69, 9.17) is 9.47 Å². The van der Waals surface area contributed by atoms with E-state index in [0.717, 1.165) is 19.3 Å². The van der Waals surface area contributed by atoms with Crippen LogP contribution in [0.15, 0.2) is 24.3 Å². The molecular weight excluding hydrogens is 424 g/mol. The molecule has 2 fully saturated rings. The first-order valence-electron chi connectivity index (χ1n) is 12.3. The first kappa shape index (κ1) is 24.0. The molecule has 4 aliphatic rings. The first-order chi connectivity index (χ1) is 15.9. The second-order valence-corrected chi connectivity index (χ2v) is 9.86. The van der Waals surface area contributed by atoms with Crippen molar-refractivity contribution in [2.75, 3.05) is 26.3 Å². The normalized spacial score (nSPS) is 34.5. The number of fused-ring (bicyclic) bond motifs is 2. The van der Waals surface area contributed by atoms with E-state index in [1.54, 1.807) is 4.90 Å². The standard InChI is InChI=1S/C25H36N2O6/c1-4-5-7-12-26-13-9-11-25-20(19-18(33-25)10-6-8-14-32-24(19)31)22(29)27(21(25)23(26)30)17(15-28)16(2)3/h6,9-11,16-21,28H,4-5,7-8,12-15H2,1-3H3/t17-,18-,19+,20-,21?,25-/m0/s1. The van der Waals surface area contributed by atoms with Crippen molar-refractivity contribution in [1.82, 2.24) is 9.80 Å². The zero-order valence-corrected chi connectivity index (χ0v) is 19.8. The van der Waals surface area contributed by atoms with Crippen molar-refractivity contribution in [2.24, 2.45) is 17.8 Å². The first-order valence-corrected chi connectivity index (χ1v) is 12.3. The number of unbranched alkanes of at least 4 members (excludes halogenated alkanes) is 2. The summed E-state index contributed by atoms with van der Waals surface area (Å²) in [6.45, 7) is 6.96. The number of hydrogen-bond donors (Lipinski definition) is 1. The average Bonchev–Trinajstić information content (AvgIpc) is 3.15. The summed E-state index contributed by atoms with van der Waals surface area (Å²) in [6.07, 6.45) is 10.3. The smallest absolute Gasteiger partial charge is 0.312 e. The molecule has 182 valence electrons. The largest absolute Gasteiger partial charge is 0.465 e. The zero-order chi connectivity index (χ0) is 23.8. The van der Waals surface area contributed by atoms with Gasteiger partial charge in [0.05, 0.1) is 31.3 Å². The Hall–Kier alpha value is -2.19. The van der Waals surface area contributed by atoms with E-state index in [0.29, 0.717) is 19.5 Å². The van der Waals surface area contributed by atoms with Crippen molar-refractivity contribution < 1.29 is 29.0 Å². The van der Waals surface area contributed by atoms with Crippen molar-refractivity contribution in [3.05, 3.63) is 24.3 Å². The molecule has 2 amide bonds. The Bertz CT molecular complexity index is 839. The number of hydrogen-bond acceptors (Lipinski definition) is 6. The minimum absolute atomic E-state index is 0.0802. The molecule has 4 aliphatic heterocycles. The number of aliphatic hydroxyl groups is 1. The van der Waals surface area contributed by atoms with Crippen LogP contribution < -0.4 is 0 Å². The fourth-order valence-corrected chi connectivity index (χ4v) is 5.82. The molecule has 6 atom stereocenters. The highest BCUT2D eigenvalue weighted by atomic mass is 16.6. The Balaban J connectivity index is 1.80.